The number of rotatable bonds is 9. The third-order valence-corrected chi connectivity index (χ3v) is 4.73. The third-order valence-electron chi connectivity index (χ3n) is 3.22. The Bertz CT molecular complexity index is 546. The van der Waals surface area contributed by atoms with E-state index < -0.39 is 10.0 Å². The maximum atomic E-state index is 12.5. The highest BCUT2D eigenvalue weighted by Crippen LogP contribution is 2.18. The van der Waals surface area contributed by atoms with Crippen molar-refractivity contribution in [3.8, 4) is 0 Å². The molecule has 0 aromatic heterocycles. The molecule has 0 spiro atoms. The lowest BCUT2D eigenvalue weighted by molar-refractivity contribution is 0.0320. The van der Waals surface area contributed by atoms with Crippen LogP contribution in [0.2, 0.25) is 0 Å². The van der Waals surface area contributed by atoms with Crippen molar-refractivity contribution in [2.45, 2.75) is 30.9 Å². The van der Waals surface area contributed by atoms with E-state index in [1.807, 2.05) is 13.0 Å². The van der Waals surface area contributed by atoms with Crippen LogP contribution in [0.1, 0.15) is 18.1 Å². The predicted octanol–water partition coefficient (Wildman–Crippen LogP) is 0.647. The molecule has 0 saturated carbocycles. The molecule has 1 aromatic rings. The Morgan fingerprint density at radius 1 is 1.33 bits per heavy atom. The molecule has 0 aliphatic carbocycles. The van der Waals surface area contributed by atoms with Gasteiger partial charge in [-0.05, 0) is 23.6 Å². The summed E-state index contributed by atoms with van der Waals surface area (Å²) in [6.07, 6.45) is 0.305. The molecule has 0 saturated heterocycles. The number of nitrogens with one attached hydrogen (secondary N) is 1. The van der Waals surface area contributed by atoms with Crippen LogP contribution >= 0.6 is 0 Å². The number of benzene rings is 1. The van der Waals surface area contributed by atoms with E-state index in [-0.39, 0.29) is 17.5 Å². The molecule has 0 aliphatic heterocycles. The van der Waals surface area contributed by atoms with Crippen molar-refractivity contribution >= 4 is 10.0 Å². The normalized spacial score (nSPS) is 13.3. The van der Waals surface area contributed by atoms with Crippen LogP contribution in [0.4, 0.5) is 0 Å². The molecule has 21 heavy (non-hydrogen) atoms. The fourth-order valence-corrected chi connectivity index (χ4v) is 3.37. The molecule has 0 bridgehead atoms. The number of aryl methyl sites for hydroxylation is 1. The Hall–Kier alpha value is -0.990. The van der Waals surface area contributed by atoms with Gasteiger partial charge in [-0.2, -0.15) is 0 Å². The summed E-state index contributed by atoms with van der Waals surface area (Å²) in [6.45, 7) is 2.70. The lowest BCUT2D eigenvalue weighted by Gasteiger charge is -2.16. The summed E-state index contributed by atoms with van der Waals surface area (Å²) in [5.41, 5.74) is 7.13. The van der Waals surface area contributed by atoms with E-state index in [0.717, 1.165) is 11.1 Å². The number of hydrogen-bond donors (Lipinski definition) is 2. The van der Waals surface area contributed by atoms with Crippen molar-refractivity contribution in [3.05, 3.63) is 29.3 Å². The van der Waals surface area contributed by atoms with E-state index in [1.165, 1.54) is 7.11 Å². The van der Waals surface area contributed by atoms with Crippen LogP contribution < -0.4 is 10.5 Å². The summed E-state index contributed by atoms with van der Waals surface area (Å²) in [6, 6.07) is 5.28. The Morgan fingerprint density at radius 3 is 2.57 bits per heavy atom. The number of methoxy groups -OCH3 is 2. The summed E-state index contributed by atoms with van der Waals surface area (Å²) in [4.78, 5) is 0.278. The zero-order chi connectivity index (χ0) is 15.9. The van der Waals surface area contributed by atoms with Gasteiger partial charge in [-0.25, -0.2) is 13.1 Å². The molecule has 0 radical (unpaired) electrons. The first-order valence-electron chi connectivity index (χ1n) is 6.81. The monoisotopic (exact) mass is 316 g/mol. The number of nitrogens with two attached hydrogens (primary N) is 1. The van der Waals surface area contributed by atoms with Gasteiger partial charge in [0.2, 0.25) is 10.0 Å². The molecule has 0 fully saturated rings. The second-order valence-corrected chi connectivity index (χ2v) is 6.40. The summed E-state index contributed by atoms with van der Waals surface area (Å²) in [7, 11) is -0.540. The zero-order valence-corrected chi connectivity index (χ0v) is 13.6. The highest BCUT2D eigenvalue weighted by atomic mass is 32.2. The number of sulfonamides is 1. The van der Waals surface area contributed by atoms with Crippen LogP contribution in [0, 0.1) is 0 Å². The van der Waals surface area contributed by atoms with E-state index in [2.05, 4.69) is 4.72 Å². The summed E-state index contributed by atoms with van der Waals surface area (Å²) in [5, 5.41) is 0. The third kappa shape index (κ3) is 5.05. The van der Waals surface area contributed by atoms with Crippen molar-refractivity contribution < 1.29 is 17.9 Å². The molecule has 3 N–H and O–H groups in total. The van der Waals surface area contributed by atoms with E-state index >= 15 is 0 Å². The lowest BCUT2D eigenvalue weighted by Crippen LogP contribution is -2.36. The smallest absolute Gasteiger partial charge is 0.240 e. The zero-order valence-electron chi connectivity index (χ0n) is 12.8. The Balaban J connectivity index is 2.96. The molecule has 1 atom stereocenters. The maximum Gasteiger partial charge on any atom is 0.240 e. The molecule has 0 amide bonds. The van der Waals surface area contributed by atoms with Gasteiger partial charge in [-0.1, -0.05) is 19.1 Å². The quantitative estimate of drug-likeness (QED) is 0.698. The van der Waals surface area contributed by atoms with Crippen molar-refractivity contribution in [2.24, 2.45) is 5.73 Å². The average Bonchev–Trinajstić information content (AvgIpc) is 2.50. The molecule has 120 valence electrons. The molecule has 7 heteroatoms. The van der Waals surface area contributed by atoms with Crippen LogP contribution in [-0.2, 0) is 32.5 Å². The second-order valence-electron chi connectivity index (χ2n) is 4.66. The van der Waals surface area contributed by atoms with Gasteiger partial charge in [0.25, 0.3) is 0 Å². The number of hydrogen-bond acceptors (Lipinski definition) is 5. The Morgan fingerprint density at radius 2 is 2.05 bits per heavy atom. The van der Waals surface area contributed by atoms with Gasteiger partial charge < -0.3 is 15.2 Å². The van der Waals surface area contributed by atoms with Gasteiger partial charge in [-0.15, -0.1) is 0 Å². The molecule has 1 aromatic carbocycles. The van der Waals surface area contributed by atoms with E-state index in [1.54, 1.807) is 19.2 Å². The fraction of sp³-hybridized carbons (Fsp3) is 0.571. The van der Waals surface area contributed by atoms with Crippen molar-refractivity contribution in [1.29, 1.82) is 0 Å². The van der Waals surface area contributed by atoms with Gasteiger partial charge >= 0.3 is 0 Å². The minimum Gasteiger partial charge on any atom is -0.382 e. The Labute approximate surface area is 126 Å². The SMILES string of the molecule is CCc1ccc(CN)cc1S(=O)(=O)NCC(COC)OC. The fourth-order valence-electron chi connectivity index (χ4n) is 1.94. The molecule has 0 heterocycles. The van der Waals surface area contributed by atoms with Crippen molar-refractivity contribution in [1.82, 2.24) is 4.72 Å². The molecule has 0 aliphatic rings. The molecule has 1 unspecified atom stereocenters. The van der Waals surface area contributed by atoms with Crippen LogP contribution in [0.3, 0.4) is 0 Å². The van der Waals surface area contributed by atoms with Gasteiger partial charge in [0.05, 0.1) is 17.6 Å². The summed E-state index contributed by atoms with van der Waals surface area (Å²) >= 11 is 0. The van der Waals surface area contributed by atoms with E-state index in [9.17, 15) is 8.42 Å². The van der Waals surface area contributed by atoms with E-state index in [4.69, 9.17) is 15.2 Å². The molecule has 1 rings (SSSR count). The summed E-state index contributed by atoms with van der Waals surface area (Å²) in [5.74, 6) is 0. The largest absolute Gasteiger partial charge is 0.382 e. The first-order valence-corrected chi connectivity index (χ1v) is 8.30. The first kappa shape index (κ1) is 18.1. The van der Waals surface area contributed by atoms with Crippen LogP contribution in [-0.4, -0.2) is 41.9 Å². The highest BCUT2D eigenvalue weighted by Gasteiger charge is 2.20. The molecule has 6 nitrogen and oxygen atoms in total. The highest BCUT2D eigenvalue weighted by molar-refractivity contribution is 7.89. The average molecular weight is 316 g/mol. The van der Waals surface area contributed by atoms with E-state index in [0.29, 0.717) is 19.6 Å². The predicted molar refractivity (Wildman–Crippen MR) is 81.6 cm³/mol. The van der Waals surface area contributed by atoms with Gasteiger partial charge in [0.1, 0.15) is 0 Å². The number of ether oxygens (including phenoxy) is 2. The van der Waals surface area contributed by atoms with Crippen molar-refractivity contribution in [2.75, 3.05) is 27.4 Å². The van der Waals surface area contributed by atoms with Gasteiger partial charge in [0.15, 0.2) is 0 Å². The van der Waals surface area contributed by atoms with Crippen molar-refractivity contribution in [3.63, 3.8) is 0 Å². The lowest BCUT2D eigenvalue weighted by atomic mass is 10.1. The van der Waals surface area contributed by atoms with Crippen LogP contribution in [0.25, 0.3) is 0 Å². The standard InChI is InChI=1S/C14H24N2O4S/c1-4-12-6-5-11(8-15)7-14(12)21(17,18)16-9-13(20-3)10-19-2/h5-7,13,16H,4,8-10,15H2,1-3H3. The van der Waals surface area contributed by atoms with Crippen LogP contribution in [0.15, 0.2) is 23.1 Å². The molecular weight excluding hydrogens is 292 g/mol. The minimum absolute atomic E-state index is 0.155. The molecular formula is C14H24N2O4S. The maximum absolute atomic E-state index is 12.5. The summed E-state index contributed by atoms with van der Waals surface area (Å²) < 4.78 is 37.6. The minimum atomic E-state index is -3.60. The Kier molecular flexibility index (Phi) is 7.27. The van der Waals surface area contributed by atoms with Crippen LogP contribution in [0.5, 0.6) is 0 Å². The topological polar surface area (TPSA) is 90.7 Å². The second kappa shape index (κ2) is 8.45. The van der Waals surface area contributed by atoms with Gasteiger partial charge in [0, 0.05) is 27.3 Å². The first-order chi connectivity index (χ1) is 9.98. The van der Waals surface area contributed by atoms with Gasteiger partial charge in [-0.3, -0.25) is 0 Å².